The zero-order valence-corrected chi connectivity index (χ0v) is 14.0. The van der Waals surface area contributed by atoms with Gasteiger partial charge < -0.3 is 0 Å². The highest BCUT2D eigenvalue weighted by Gasteiger charge is 2.15. The minimum absolute atomic E-state index is 0.0284. The Kier molecular flexibility index (Phi) is 5.42. The molecule has 0 heterocycles. The lowest BCUT2D eigenvalue weighted by Gasteiger charge is -2.18. The van der Waals surface area contributed by atoms with Crippen molar-refractivity contribution in [1.82, 2.24) is 5.43 Å². The maximum absolute atomic E-state index is 6.27. The van der Waals surface area contributed by atoms with Crippen LogP contribution in [-0.2, 0) is 6.42 Å². The summed E-state index contributed by atoms with van der Waals surface area (Å²) in [5.74, 6) is 5.67. The van der Waals surface area contributed by atoms with Crippen LogP contribution in [0.15, 0.2) is 51.4 Å². The van der Waals surface area contributed by atoms with Gasteiger partial charge in [-0.3, -0.25) is 11.3 Å². The first kappa shape index (κ1) is 15.0. The number of nitrogens with one attached hydrogen (secondary N) is 1. The maximum Gasteiger partial charge on any atom is 0.0515 e. The number of rotatable bonds is 4. The average molecular weight is 405 g/mol. The van der Waals surface area contributed by atoms with Gasteiger partial charge in [-0.2, -0.15) is 0 Å². The minimum atomic E-state index is -0.0284. The Hall–Kier alpha value is -0.390. The molecule has 0 bridgehead atoms. The predicted octanol–water partition coefficient (Wildman–Crippen LogP) is 4.61. The molecule has 0 saturated heterocycles. The average Bonchev–Trinajstić information content (AvgIpc) is 2.39. The number of benzene rings is 2. The van der Waals surface area contributed by atoms with Gasteiger partial charge in [0.25, 0.3) is 0 Å². The van der Waals surface area contributed by atoms with Gasteiger partial charge in [0.15, 0.2) is 0 Å². The van der Waals surface area contributed by atoms with E-state index in [1.807, 2.05) is 36.4 Å². The summed E-state index contributed by atoms with van der Waals surface area (Å²) in [6, 6.07) is 13.9. The van der Waals surface area contributed by atoms with Crippen LogP contribution in [0.3, 0.4) is 0 Å². The monoisotopic (exact) mass is 402 g/mol. The normalized spacial score (nSPS) is 12.4. The number of nitrogens with two attached hydrogens (primary N) is 1. The molecule has 0 radical (unpaired) electrons. The Balaban J connectivity index is 2.28. The van der Waals surface area contributed by atoms with Gasteiger partial charge in [0, 0.05) is 14.0 Å². The second-order valence-corrected chi connectivity index (χ2v) is 6.36. The third kappa shape index (κ3) is 3.80. The highest BCUT2D eigenvalue weighted by Crippen LogP contribution is 2.29. The molecular formula is C14H13Br2ClN2. The molecule has 2 aromatic carbocycles. The second-order valence-electron chi connectivity index (χ2n) is 4.18. The molecule has 5 heteroatoms. The van der Waals surface area contributed by atoms with E-state index in [9.17, 15) is 0 Å². The molecule has 0 amide bonds. The molecule has 0 saturated carbocycles. The van der Waals surface area contributed by atoms with Crippen LogP contribution >= 0.6 is 43.5 Å². The molecule has 0 aromatic heterocycles. The summed E-state index contributed by atoms with van der Waals surface area (Å²) in [4.78, 5) is 0. The summed E-state index contributed by atoms with van der Waals surface area (Å²) >= 11 is 13.2. The van der Waals surface area contributed by atoms with E-state index in [4.69, 9.17) is 17.4 Å². The van der Waals surface area contributed by atoms with Crippen LogP contribution in [0.4, 0.5) is 0 Å². The fourth-order valence-corrected chi connectivity index (χ4v) is 3.18. The number of hydrogen-bond acceptors (Lipinski definition) is 2. The van der Waals surface area contributed by atoms with Gasteiger partial charge in [0.1, 0.15) is 0 Å². The van der Waals surface area contributed by atoms with E-state index in [1.54, 1.807) is 0 Å². The van der Waals surface area contributed by atoms with Crippen LogP contribution in [0.25, 0.3) is 0 Å². The van der Waals surface area contributed by atoms with E-state index in [0.29, 0.717) is 5.02 Å². The van der Waals surface area contributed by atoms with Gasteiger partial charge in [-0.1, -0.05) is 67.7 Å². The molecule has 2 aromatic rings. The summed E-state index contributed by atoms with van der Waals surface area (Å²) in [5, 5.41) is 0.698. The molecule has 0 spiro atoms. The first-order valence-corrected chi connectivity index (χ1v) is 7.72. The van der Waals surface area contributed by atoms with Crippen LogP contribution in [0.1, 0.15) is 17.2 Å². The van der Waals surface area contributed by atoms with Gasteiger partial charge in [-0.05, 0) is 35.7 Å². The molecule has 0 aliphatic rings. The second kappa shape index (κ2) is 6.86. The van der Waals surface area contributed by atoms with Crippen LogP contribution in [0.2, 0.25) is 5.02 Å². The predicted molar refractivity (Wildman–Crippen MR) is 87.1 cm³/mol. The van der Waals surface area contributed by atoms with Gasteiger partial charge in [-0.25, -0.2) is 0 Å². The summed E-state index contributed by atoms with van der Waals surface area (Å²) in [7, 11) is 0. The van der Waals surface area contributed by atoms with Gasteiger partial charge >= 0.3 is 0 Å². The first-order valence-electron chi connectivity index (χ1n) is 5.76. The van der Waals surface area contributed by atoms with Crippen molar-refractivity contribution in [1.29, 1.82) is 0 Å². The van der Waals surface area contributed by atoms with E-state index in [-0.39, 0.29) is 6.04 Å². The smallest absolute Gasteiger partial charge is 0.0515 e. The van der Waals surface area contributed by atoms with Gasteiger partial charge in [0.05, 0.1) is 6.04 Å². The van der Waals surface area contributed by atoms with Crippen molar-refractivity contribution >= 4 is 43.5 Å². The van der Waals surface area contributed by atoms with Crippen molar-refractivity contribution in [3.05, 3.63) is 67.6 Å². The molecular weight excluding hydrogens is 391 g/mol. The molecule has 19 heavy (non-hydrogen) atoms. The lowest BCUT2D eigenvalue weighted by atomic mass is 9.99. The molecule has 2 nitrogen and oxygen atoms in total. The number of hydrazine groups is 1. The van der Waals surface area contributed by atoms with Crippen molar-refractivity contribution < 1.29 is 0 Å². The Morgan fingerprint density at radius 1 is 1.16 bits per heavy atom. The maximum atomic E-state index is 6.27. The largest absolute Gasteiger partial charge is 0.271 e. The van der Waals surface area contributed by atoms with E-state index in [1.165, 1.54) is 5.56 Å². The van der Waals surface area contributed by atoms with E-state index < -0.39 is 0 Å². The minimum Gasteiger partial charge on any atom is -0.271 e. The molecule has 2 rings (SSSR count). The van der Waals surface area contributed by atoms with Crippen molar-refractivity contribution in [3.63, 3.8) is 0 Å². The third-order valence-electron chi connectivity index (χ3n) is 2.92. The van der Waals surface area contributed by atoms with Gasteiger partial charge in [-0.15, -0.1) is 0 Å². The highest BCUT2D eigenvalue weighted by molar-refractivity contribution is 9.10. The van der Waals surface area contributed by atoms with Crippen molar-refractivity contribution in [2.75, 3.05) is 0 Å². The van der Waals surface area contributed by atoms with Crippen LogP contribution in [0, 0.1) is 0 Å². The Morgan fingerprint density at radius 3 is 2.53 bits per heavy atom. The fraction of sp³-hybridized carbons (Fsp3) is 0.143. The van der Waals surface area contributed by atoms with Crippen LogP contribution in [-0.4, -0.2) is 0 Å². The molecule has 0 aliphatic heterocycles. The number of hydrogen-bond donors (Lipinski definition) is 2. The van der Waals surface area contributed by atoms with Gasteiger partial charge in [0.2, 0.25) is 0 Å². The van der Waals surface area contributed by atoms with E-state index in [2.05, 4.69) is 43.4 Å². The summed E-state index contributed by atoms with van der Waals surface area (Å²) in [6.07, 6.45) is 0.763. The summed E-state index contributed by atoms with van der Waals surface area (Å²) < 4.78 is 2.03. The Morgan fingerprint density at radius 2 is 1.89 bits per heavy atom. The molecule has 1 atom stereocenters. The van der Waals surface area contributed by atoms with E-state index >= 15 is 0 Å². The lowest BCUT2D eigenvalue weighted by Crippen LogP contribution is -2.29. The van der Waals surface area contributed by atoms with Crippen molar-refractivity contribution in [3.8, 4) is 0 Å². The molecule has 3 N–H and O–H groups in total. The Bertz CT molecular complexity index is 575. The van der Waals surface area contributed by atoms with Crippen LogP contribution in [0.5, 0.6) is 0 Å². The number of halogens is 3. The zero-order chi connectivity index (χ0) is 13.8. The summed E-state index contributed by atoms with van der Waals surface area (Å²) in [6.45, 7) is 0. The van der Waals surface area contributed by atoms with Crippen molar-refractivity contribution in [2.45, 2.75) is 12.5 Å². The molecule has 100 valence electrons. The SMILES string of the molecule is NNC(Cc1ccccc1Br)c1ccc(Br)cc1Cl. The van der Waals surface area contributed by atoms with E-state index in [0.717, 1.165) is 20.9 Å². The highest BCUT2D eigenvalue weighted by atomic mass is 79.9. The lowest BCUT2D eigenvalue weighted by molar-refractivity contribution is 0.551. The standard InChI is InChI=1S/C14H13Br2ClN2/c15-10-5-6-11(13(17)8-10)14(19-18)7-9-3-1-2-4-12(9)16/h1-6,8,14,19H,7,18H2. The molecule has 0 aliphatic carbocycles. The third-order valence-corrected chi connectivity index (χ3v) is 4.52. The molecule has 0 fully saturated rings. The first-order chi connectivity index (χ1) is 9.11. The fourth-order valence-electron chi connectivity index (χ4n) is 1.93. The summed E-state index contributed by atoms with van der Waals surface area (Å²) in [5.41, 5.74) is 5.01. The Labute approximate surface area is 134 Å². The zero-order valence-electron chi connectivity index (χ0n) is 10.0. The van der Waals surface area contributed by atoms with Crippen LogP contribution < -0.4 is 11.3 Å². The quantitative estimate of drug-likeness (QED) is 0.577. The van der Waals surface area contributed by atoms with Crippen molar-refractivity contribution in [2.24, 2.45) is 5.84 Å². The topological polar surface area (TPSA) is 38.0 Å². The molecule has 1 unspecified atom stereocenters.